The van der Waals surface area contributed by atoms with Gasteiger partial charge in [-0.25, -0.2) is 0 Å². The molecule has 126 valence electrons. The molecular weight excluding hydrogens is 290 g/mol. The lowest BCUT2D eigenvalue weighted by Crippen LogP contribution is -2.50. The number of carbonyl (C=O) groups excluding carboxylic acids is 1. The maximum atomic E-state index is 12.2. The summed E-state index contributed by atoms with van der Waals surface area (Å²) in [5.41, 5.74) is 8.08. The van der Waals surface area contributed by atoms with Crippen molar-refractivity contribution in [1.29, 1.82) is 0 Å². The minimum Gasteiger partial charge on any atom is -0.375 e. The van der Waals surface area contributed by atoms with Gasteiger partial charge in [-0.05, 0) is 44.0 Å². The molecule has 1 spiro atoms. The number of hydrogen-bond acceptors (Lipinski definition) is 4. The molecule has 1 saturated heterocycles. The SMILES string of the molecule is CCO[C@H]1[C@H](NC(=O)CCN)c2ccccc2C12CCNCC2. The van der Waals surface area contributed by atoms with E-state index in [2.05, 4.69) is 28.8 Å². The van der Waals surface area contributed by atoms with Crippen molar-refractivity contribution >= 4 is 5.91 Å². The Labute approximate surface area is 138 Å². The van der Waals surface area contributed by atoms with Crippen LogP contribution in [-0.2, 0) is 14.9 Å². The van der Waals surface area contributed by atoms with E-state index in [1.807, 2.05) is 13.0 Å². The zero-order valence-corrected chi connectivity index (χ0v) is 13.8. The number of hydrogen-bond donors (Lipinski definition) is 3. The first-order valence-electron chi connectivity index (χ1n) is 8.64. The van der Waals surface area contributed by atoms with Crippen molar-refractivity contribution in [2.45, 2.75) is 43.7 Å². The van der Waals surface area contributed by atoms with Crippen LogP contribution in [0.4, 0.5) is 0 Å². The number of rotatable bonds is 5. The van der Waals surface area contributed by atoms with Crippen LogP contribution in [0.1, 0.15) is 43.4 Å². The standard InChI is InChI=1S/C18H27N3O2/c1-2-23-17-16(21-15(22)7-10-19)13-5-3-4-6-14(13)18(17)8-11-20-12-9-18/h3-6,16-17,20H,2,7-12,19H2,1H3,(H,21,22)/t16-,17+/m1/s1. The van der Waals surface area contributed by atoms with Crippen molar-refractivity contribution in [3.05, 3.63) is 35.4 Å². The van der Waals surface area contributed by atoms with Gasteiger partial charge in [-0.15, -0.1) is 0 Å². The van der Waals surface area contributed by atoms with E-state index in [9.17, 15) is 4.79 Å². The van der Waals surface area contributed by atoms with E-state index in [0.717, 1.165) is 25.9 Å². The van der Waals surface area contributed by atoms with Crippen LogP contribution in [0.25, 0.3) is 0 Å². The van der Waals surface area contributed by atoms with Crippen molar-refractivity contribution in [3.63, 3.8) is 0 Å². The fourth-order valence-corrected chi connectivity index (χ4v) is 4.25. The van der Waals surface area contributed by atoms with Crippen LogP contribution in [0, 0.1) is 0 Å². The van der Waals surface area contributed by atoms with Crippen molar-refractivity contribution in [2.24, 2.45) is 5.73 Å². The third-order valence-corrected chi connectivity index (χ3v) is 5.21. The smallest absolute Gasteiger partial charge is 0.221 e. The molecule has 4 N–H and O–H groups in total. The van der Waals surface area contributed by atoms with E-state index in [0.29, 0.717) is 19.6 Å². The van der Waals surface area contributed by atoms with Crippen LogP contribution in [0.5, 0.6) is 0 Å². The maximum absolute atomic E-state index is 12.2. The molecule has 0 radical (unpaired) electrons. The highest BCUT2D eigenvalue weighted by molar-refractivity contribution is 5.77. The molecule has 1 fully saturated rings. The first-order chi connectivity index (χ1) is 11.2. The first kappa shape index (κ1) is 16.4. The van der Waals surface area contributed by atoms with E-state index in [1.165, 1.54) is 11.1 Å². The molecule has 1 aromatic rings. The number of ether oxygens (including phenoxy) is 1. The van der Waals surface area contributed by atoms with Gasteiger partial charge in [0.05, 0.1) is 12.1 Å². The van der Waals surface area contributed by atoms with E-state index in [1.54, 1.807) is 0 Å². The van der Waals surface area contributed by atoms with Gasteiger partial charge in [0.25, 0.3) is 0 Å². The van der Waals surface area contributed by atoms with Gasteiger partial charge in [-0.1, -0.05) is 24.3 Å². The summed E-state index contributed by atoms with van der Waals surface area (Å²) in [6, 6.07) is 8.40. The molecule has 5 heteroatoms. The molecule has 1 aliphatic heterocycles. The average molecular weight is 317 g/mol. The van der Waals surface area contributed by atoms with Gasteiger partial charge in [-0.2, -0.15) is 0 Å². The number of amides is 1. The zero-order chi connectivity index (χ0) is 16.3. The summed E-state index contributed by atoms with van der Waals surface area (Å²) in [7, 11) is 0. The van der Waals surface area contributed by atoms with Gasteiger partial charge in [0, 0.05) is 25.0 Å². The fraction of sp³-hybridized carbons (Fsp3) is 0.611. The molecular formula is C18H27N3O2. The fourth-order valence-electron chi connectivity index (χ4n) is 4.25. The molecule has 0 saturated carbocycles. The normalized spacial score (nSPS) is 25.3. The topological polar surface area (TPSA) is 76.4 Å². The quantitative estimate of drug-likeness (QED) is 0.763. The lowest BCUT2D eigenvalue weighted by Gasteiger charge is -2.41. The molecule has 0 unspecified atom stereocenters. The molecule has 1 heterocycles. The van der Waals surface area contributed by atoms with Crippen molar-refractivity contribution < 1.29 is 9.53 Å². The lowest BCUT2D eigenvalue weighted by atomic mass is 9.72. The summed E-state index contributed by atoms with van der Waals surface area (Å²) in [5.74, 6) is 0.00277. The number of nitrogens with two attached hydrogens (primary N) is 1. The monoisotopic (exact) mass is 317 g/mol. The Balaban J connectivity index is 1.98. The van der Waals surface area contributed by atoms with Crippen LogP contribution in [0.2, 0.25) is 0 Å². The highest BCUT2D eigenvalue weighted by Crippen LogP contribution is 2.51. The van der Waals surface area contributed by atoms with Crippen LogP contribution < -0.4 is 16.4 Å². The van der Waals surface area contributed by atoms with Crippen LogP contribution >= 0.6 is 0 Å². The minimum absolute atomic E-state index is 0.00147. The summed E-state index contributed by atoms with van der Waals surface area (Å²) in [6.07, 6.45) is 2.43. The number of fused-ring (bicyclic) bond motifs is 2. The Morgan fingerprint density at radius 2 is 2.13 bits per heavy atom. The Morgan fingerprint density at radius 3 is 2.83 bits per heavy atom. The lowest BCUT2D eigenvalue weighted by molar-refractivity contribution is -0.123. The van der Waals surface area contributed by atoms with Crippen LogP contribution in [-0.4, -0.2) is 38.3 Å². The molecule has 1 aromatic carbocycles. The molecule has 1 amide bonds. The maximum Gasteiger partial charge on any atom is 0.221 e. The van der Waals surface area contributed by atoms with Crippen molar-refractivity contribution in [2.75, 3.05) is 26.2 Å². The zero-order valence-electron chi connectivity index (χ0n) is 13.8. The summed E-state index contributed by atoms with van der Waals surface area (Å²) < 4.78 is 6.20. The van der Waals surface area contributed by atoms with Gasteiger partial charge in [0.1, 0.15) is 0 Å². The Bertz CT molecular complexity index is 555. The second kappa shape index (κ2) is 6.99. The molecule has 0 aromatic heterocycles. The molecule has 23 heavy (non-hydrogen) atoms. The summed E-state index contributed by atoms with van der Waals surface area (Å²) >= 11 is 0. The van der Waals surface area contributed by atoms with E-state index in [-0.39, 0.29) is 23.5 Å². The van der Waals surface area contributed by atoms with Gasteiger partial charge in [0.2, 0.25) is 5.91 Å². The summed E-state index contributed by atoms with van der Waals surface area (Å²) in [5, 5.41) is 6.62. The molecule has 2 aliphatic rings. The third-order valence-electron chi connectivity index (χ3n) is 5.21. The summed E-state index contributed by atoms with van der Waals surface area (Å²) in [6.45, 7) is 5.02. The Morgan fingerprint density at radius 1 is 1.39 bits per heavy atom. The second-order valence-corrected chi connectivity index (χ2v) is 6.45. The molecule has 2 atom stereocenters. The predicted molar refractivity (Wildman–Crippen MR) is 90.2 cm³/mol. The van der Waals surface area contributed by atoms with Gasteiger partial charge in [0.15, 0.2) is 0 Å². The number of piperidine rings is 1. The molecule has 3 rings (SSSR count). The minimum atomic E-state index is -0.0803. The van der Waals surface area contributed by atoms with Crippen LogP contribution in [0.15, 0.2) is 24.3 Å². The summed E-state index contributed by atoms with van der Waals surface area (Å²) in [4.78, 5) is 12.2. The van der Waals surface area contributed by atoms with Crippen molar-refractivity contribution in [3.8, 4) is 0 Å². The molecule has 0 bridgehead atoms. The highest BCUT2D eigenvalue weighted by atomic mass is 16.5. The van der Waals surface area contributed by atoms with E-state index < -0.39 is 0 Å². The first-order valence-corrected chi connectivity index (χ1v) is 8.64. The highest BCUT2D eigenvalue weighted by Gasteiger charge is 2.53. The average Bonchev–Trinajstić information content (AvgIpc) is 2.80. The van der Waals surface area contributed by atoms with Gasteiger partial charge < -0.3 is 21.1 Å². The Kier molecular flexibility index (Phi) is 4.99. The van der Waals surface area contributed by atoms with Gasteiger partial charge in [-0.3, -0.25) is 4.79 Å². The molecule has 1 aliphatic carbocycles. The Hall–Kier alpha value is -1.43. The van der Waals surface area contributed by atoms with Crippen molar-refractivity contribution in [1.82, 2.24) is 10.6 Å². The molecule has 5 nitrogen and oxygen atoms in total. The predicted octanol–water partition coefficient (Wildman–Crippen LogP) is 1.23. The number of carbonyl (C=O) groups is 1. The largest absolute Gasteiger partial charge is 0.375 e. The second-order valence-electron chi connectivity index (χ2n) is 6.45. The van der Waals surface area contributed by atoms with Crippen LogP contribution in [0.3, 0.4) is 0 Å². The number of benzene rings is 1. The van der Waals surface area contributed by atoms with E-state index in [4.69, 9.17) is 10.5 Å². The number of nitrogens with one attached hydrogen (secondary N) is 2. The van der Waals surface area contributed by atoms with Gasteiger partial charge >= 0.3 is 0 Å². The third kappa shape index (κ3) is 2.89. The van der Waals surface area contributed by atoms with E-state index >= 15 is 0 Å².